The number of amides is 1. The molecule has 2 aromatic carbocycles. The summed E-state index contributed by atoms with van der Waals surface area (Å²) in [7, 11) is 3.18. The van der Waals surface area contributed by atoms with Gasteiger partial charge in [-0.3, -0.25) is 4.79 Å². The molecule has 2 aromatic rings. The number of aryl methyl sites for hydroxylation is 2. The van der Waals surface area contributed by atoms with Crippen molar-refractivity contribution in [1.29, 1.82) is 0 Å². The molecule has 0 aromatic heterocycles. The van der Waals surface area contributed by atoms with Gasteiger partial charge in [-0.1, -0.05) is 24.3 Å². The molecule has 0 saturated carbocycles. The molecule has 0 atom stereocenters. The molecule has 1 amide bonds. The first-order valence-electron chi connectivity index (χ1n) is 7.57. The van der Waals surface area contributed by atoms with Crippen LogP contribution in [-0.4, -0.2) is 20.1 Å². The SMILES string of the molecule is COc1ccc(CC(=O)NCc2ccc(C)c(C)c2)cc1OC. The molecule has 4 heteroatoms. The third-order valence-electron chi connectivity index (χ3n) is 3.87. The van der Waals surface area contributed by atoms with Crippen molar-refractivity contribution in [3.63, 3.8) is 0 Å². The van der Waals surface area contributed by atoms with Gasteiger partial charge in [0, 0.05) is 6.54 Å². The molecule has 0 unspecified atom stereocenters. The van der Waals surface area contributed by atoms with Gasteiger partial charge >= 0.3 is 0 Å². The fraction of sp³-hybridized carbons (Fsp3) is 0.316. The summed E-state index contributed by atoms with van der Waals surface area (Å²) < 4.78 is 10.5. The van der Waals surface area contributed by atoms with Gasteiger partial charge in [-0.25, -0.2) is 0 Å². The first-order valence-corrected chi connectivity index (χ1v) is 7.57. The van der Waals surface area contributed by atoms with Crippen molar-refractivity contribution in [2.24, 2.45) is 0 Å². The summed E-state index contributed by atoms with van der Waals surface area (Å²) in [6.07, 6.45) is 0.311. The van der Waals surface area contributed by atoms with E-state index in [2.05, 4.69) is 31.3 Å². The maximum atomic E-state index is 12.1. The van der Waals surface area contributed by atoms with Gasteiger partial charge in [-0.05, 0) is 48.2 Å². The highest BCUT2D eigenvalue weighted by Crippen LogP contribution is 2.27. The number of nitrogens with one attached hydrogen (secondary N) is 1. The number of methoxy groups -OCH3 is 2. The standard InChI is InChI=1S/C19H23NO3/c1-13-5-6-16(9-14(13)2)12-20-19(21)11-15-7-8-17(22-3)18(10-15)23-4/h5-10H,11-12H2,1-4H3,(H,20,21). The molecular weight excluding hydrogens is 290 g/mol. The van der Waals surface area contributed by atoms with Crippen LogP contribution >= 0.6 is 0 Å². The average Bonchev–Trinajstić information content (AvgIpc) is 2.55. The van der Waals surface area contributed by atoms with E-state index in [1.807, 2.05) is 24.3 Å². The zero-order chi connectivity index (χ0) is 16.8. The Morgan fingerprint density at radius 3 is 2.26 bits per heavy atom. The predicted octanol–water partition coefficient (Wildman–Crippen LogP) is 3.18. The van der Waals surface area contributed by atoms with E-state index in [9.17, 15) is 4.79 Å². The number of carbonyl (C=O) groups is 1. The Labute approximate surface area is 137 Å². The Morgan fingerprint density at radius 2 is 1.61 bits per heavy atom. The topological polar surface area (TPSA) is 47.6 Å². The number of ether oxygens (including phenoxy) is 2. The summed E-state index contributed by atoms with van der Waals surface area (Å²) in [5, 5.41) is 2.95. The zero-order valence-corrected chi connectivity index (χ0v) is 14.1. The summed E-state index contributed by atoms with van der Waals surface area (Å²) >= 11 is 0. The lowest BCUT2D eigenvalue weighted by atomic mass is 10.1. The monoisotopic (exact) mass is 313 g/mol. The fourth-order valence-electron chi connectivity index (χ4n) is 2.35. The van der Waals surface area contributed by atoms with Crippen LogP contribution in [0.1, 0.15) is 22.3 Å². The number of benzene rings is 2. The Balaban J connectivity index is 1.95. The van der Waals surface area contributed by atoms with Gasteiger partial charge in [0.15, 0.2) is 11.5 Å². The number of hydrogen-bond donors (Lipinski definition) is 1. The molecular formula is C19H23NO3. The number of rotatable bonds is 6. The van der Waals surface area contributed by atoms with E-state index in [1.165, 1.54) is 11.1 Å². The molecule has 0 aliphatic carbocycles. The highest BCUT2D eigenvalue weighted by Gasteiger charge is 2.08. The predicted molar refractivity (Wildman–Crippen MR) is 91.0 cm³/mol. The van der Waals surface area contributed by atoms with Crippen LogP contribution in [0.15, 0.2) is 36.4 Å². The molecule has 1 N–H and O–H groups in total. The van der Waals surface area contributed by atoms with E-state index in [0.29, 0.717) is 24.5 Å². The zero-order valence-electron chi connectivity index (χ0n) is 14.1. The smallest absolute Gasteiger partial charge is 0.224 e. The van der Waals surface area contributed by atoms with Crippen molar-refractivity contribution in [3.8, 4) is 11.5 Å². The molecule has 0 heterocycles. The lowest BCUT2D eigenvalue weighted by molar-refractivity contribution is -0.120. The molecule has 0 radical (unpaired) electrons. The van der Waals surface area contributed by atoms with Crippen LogP contribution in [0.25, 0.3) is 0 Å². The molecule has 4 nitrogen and oxygen atoms in total. The Bertz CT molecular complexity index is 695. The summed E-state index contributed by atoms with van der Waals surface area (Å²) in [5.74, 6) is 1.27. The minimum Gasteiger partial charge on any atom is -0.493 e. The largest absolute Gasteiger partial charge is 0.493 e. The van der Waals surface area contributed by atoms with E-state index in [0.717, 1.165) is 11.1 Å². The van der Waals surface area contributed by atoms with Crippen molar-refractivity contribution in [3.05, 3.63) is 58.7 Å². The van der Waals surface area contributed by atoms with Gasteiger partial charge in [0.05, 0.1) is 20.6 Å². The van der Waals surface area contributed by atoms with Crippen LogP contribution in [0.2, 0.25) is 0 Å². The molecule has 2 rings (SSSR count). The average molecular weight is 313 g/mol. The van der Waals surface area contributed by atoms with Gasteiger partial charge in [-0.15, -0.1) is 0 Å². The summed E-state index contributed by atoms with van der Waals surface area (Å²) in [5.41, 5.74) is 4.48. The van der Waals surface area contributed by atoms with Crippen LogP contribution in [0.3, 0.4) is 0 Å². The molecule has 0 aliphatic rings. The Morgan fingerprint density at radius 1 is 0.913 bits per heavy atom. The maximum Gasteiger partial charge on any atom is 0.224 e. The maximum absolute atomic E-state index is 12.1. The van der Waals surface area contributed by atoms with Crippen molar-refractivity contribution in [1.82, 2.24) is 5.32 Å². The van der Waals surface area contributed by atoms with Gasteiger partial charge in [-0.2, -0.15) is 0 Å². The highest BCUT2D eigenvalue weighted by molar-refractivity contribution is 5.78. The molecule has 0 aliphatic heterocycles. The minimum absolute atomic E-state index is 0.0181. The van der Waals surface area contributed by atoms with Crippen molar-refractivity contribution < 1.29 is 14.3 Å². The van der Waals surface area contributed by atoms with E-state index < -0.39 is 0 Å². The normalized spacial score (nSPS) is 10.3. The minimum atomic E-state index is -0.0181. The molecule has 0 fully saturated rings. The van der Waals surface area contributed by atoms with Gasteiger partial charge in [0.1, 0.15) is 0 Å². The van der Waals surface area contributed by atoms with Crippen molar-refractivity contribution >= 4 is 5.91 Å². The number of hydrogen-bond acceptors (Lipinski definition) is 3. The van der Waals surface area contributed by atoms with Gasteiger partial charge in [0.2, 0.25) is 5.91 Å². The van der Waals surface area contributed by atoms with Crippen LogP contribution < -0.4 is 14.8 Å². The van der Waals surface area contributed by atoms with Gasteiger partial charge in [0.25, 0.3) is 0 Å². The van der Waals surface area contributed by atoms with E-state index in [4.69, 9.17) is 9.47 Å². The third kappa shape index (κ3) is 4.49. The lowest BCUT2D eigenvalue weighted by Crippen LogP contribution is -2.24. The first kappa shape index (κ1) is 16.9. The van der Waals surface area contributed by atoms with Crippen molar-refractivity contribution in [2.75, 3.05) is 14.2 Å². The molecule has 0 saturated heterocycles. The second-order valence-corrected chi connectivity index (χ2v) is 5.56. The summed E-state index contributed by atoms with van der Waals surface area (Å²) in [6.45, 7) is 4.69. The number of carbonyl (C=O) groups excluding carboxylic acids is 1. The lowest BCUT2D eigenvalue weighted by Gasteiger charge is -2.10. The van der Waals surface area contributed by atoms with Crippen LogP contribution in [0.4, 0.5) is 0 Å². The molecule has 0 spiro atoms. The van der Waals surface area contributed by atoms with Gasteiger partial charge < -0.3 is 14.8 Å². The summed E-state index contributed by atoms with van der Waals surface area (Å²) in [4.78, 5) is 12.1. The highest BCUT2D eigenvalue weighted by atomic mass is 16.5. The summed E-state index contributed by atoms with van der Waals surface area (Å²) in [6, 6.07) is 11.7. The second kappa shape index (κ2) is 7.68. The molecule has 23 heavy (non-hydrogen) atoms. The fourth-order valence-corrected chi connectivity index (χ4v) is 2.35. The Hall–Kier alpha value is -2.49. The van der Waals surface area contributed by atoms with Crippen LogP contribution in [0.5, 0.6) is 11.5 Å². The molecule has 122 valence electrons. The first-order chi connectivity index (χ1) is 11.0. The Kier molecular flexibility index (Phi) is 5.63. The van der Waals surface area contributed by atoms with Crippen molar-refractivity contribution in [2.45, 2.75) is 26.8 Å². The quantitative estimate of drug-likeness (QED) is 0.891. The van der Waals surface area contributed by atoms with E-state index >= 15 is 0 Å². The van der Waals surface area contributed by atoms with E-state index in [-0.39, 0.29) is 5.91 Å². The third-order valence-corrected chi connectivity index (χ3v) is 3.87. The van der Waals surface area contributed by atoms with Crippen LogP contribution in [0, 0.1) is 13.8 Å². The van der Waals surface area contributed by atoms with Crippen LogP contribution in [-0.2, 0) is 17.8 Å². The molecule has 0 bridgehead atoms. The second-order valence-electron chi connectivity index (χ2n) is 5.56. The van der Waals surface area contributed by atoms with E-state index in [1.54, 1.807) is 14.2 Å².